The molecule has 0 saturated carbocycles. The van der Waals surface area contributed by atoms with Gasteiger partial charge in [-0.25, -0.2) is 14.0 Å². The Morgan fingerprint density at radius 2 is 1.46 bits per heavy atom. The monoisotopic (exact) mass is 376 g/mol. The van der Waals surface area contributed by atoms with E-state index in [9.17, 15) is 0 Å². The maximum absolute atomic E-state index is 5.93. The molecule has 2 rings (SSSR count). The van der Waals surface area contributed by atoms with Crippen molar-refractivity contribution in [2.45, 2.75) is 6.92 Å². The number of hydrogen-bond donors (Lipinski definition) is 0. The smallest absolute Gasteiger partial charge is 0.213 e. The van der Waals surface area contributed by atoms with Crippen LogP contribution in [-0.2, 0) is 0 Å². The first-order valence-electron chi connectivity index (χ1n) is 8.46. The molecule has 6 nitrogen and oxygen atoms in total. The summed E-state index contributed by atoms with van der Waals surface area (Å²) >= 11 is 0. The molecule has 0 aliphatic carbocycles. The van der Waals surface area contributed by atoms with Gasteiger partial charge in [-0.05, 0) is 72.0 Å². The maximum atomic E-state index is 5.93. The Bertz CT molecular complexity index is 738. The van der Waals surface area contributed by atoms with Crippen molar-refractivity contribution in [3.05, 3.63) is 60.2 Å². The van der Waals surface area contributed by atoms with Gasteiger partial charge < -0.3 is 9.57 Å². The number of nitrogens with zero attached hydrogens (tertiary/aromatic N) is 4. The fraction of sp³-hybridized carbons (Fsp3) is 0.368. The number of aryl methyl sites for hydroxylation is 1. The molecule has 2 aromatic carbocycles. The molecule has 0 unspecified atom stereocenters. The lowest BCUT2D eigenvalue weighted by Gasteiger charge is -2.40. The van der Waals surface area contributed by atoms with Crippen LogP contribution in [0.4, 0.5) is 0 Å². The second-order valence-electron chi connectivity index (χ2n) is 6.46. The Hall–Kier alpha value is -1.85. The third kappa shape index (κ3) is 4.86. The molecule has 26 heavy (non-hydrogen) atoms. The van der Waals surface area contributed by atoms with E-state index in [1.165, 1.54) is 0 Å². The largest absolute Gasteiger partial charge is 0.478 e. The van der Waals surface area contributed by atoms with Crippen LogP contribution in [0.1, 0.15) is 5.56 Å². The Morgan fingerprint density at radius 3 is 2.04 bits per heavy atom. The van der Waals surface area contributed by atoms with E-state index in [0.717, 1.165) is 17.1 Å². The van der Waals surface area contributed by atoms with Crippen LogP contribution in [0, 0.1) is 6.92 Å². The highest BCUT2D eigenvalue weighted by Gasteiger charge is 2.33. The van der Waals surface area contributed by atoms with Gasteiger partial charge in [-0.15, -0.1) is 0 Å². The molecule has 0 saturated heterocycles. The average molecular weight is 376 g/mol. The van der Waals surface area contributed by atoms with Crippen molar-refractivity contribution >= 4 is 7.51 Å². The number of ether oxygens (including phenoxy) is 1. The molecule has 0 amide bonds. The third-order valence-electron chi connectivity index (χ3n) is 3.94. The van der Waals surface area contributed by atoms with Crippen LogP contribution in [0.5, 0.6) is 11.5 Å². The number of para-hydroxylation sites is 1. The highest BCUT2D eigenvalue weighted by Crippen LogP contribution is 2.55. The standard InChI is InChI=1S/C19H29N4O2P/c1-17-11-10-14-19(15-17)25-20-26(21(2)3,22(4)5)23(6)16-24-18-12-8-7-9-13-18/h7-15H,16H2,1-6H3. The van der Waals surface area contributed by atoms with E-state index in [0.29, 0.717) is 6.73 Å². The summed E-state index contributed by atoms with van der Waals surface area (Å²) in [6.07, 6.45) is 0. The molecular weight excluding hydrogens is 347 g/mol. The summed E-state index contributed by atoms with van der Waals surface area (Å²) in [5.41, 5.74) is 1.14. The predicted octanol–water partition coefficient (Wildman–Crippen LogP) is 4.33. The van der Waals surface area contributed by atoms with Gasteiger partial charge in [0.1, 0.15) is 12.5 Å². The average Bonchev–Trinajstić information content (AvgIpc) is 2.61. The van der Waals surface area contributed by atoms with Gasteiger partial charge in [0, 0.05) is 0 Å². The quantitative estimate of drug-likeness (QED) is 0.390. The van der Waals surface area contributed by atoms with Crippen molar-refractivity contribution in [1.29, 1.82) is 0 Å². The van der Waals surface area contributed by atoms with Crippen LogP contribution in [0.2, 0.25) is 0 Å². The first-order chi connectivity index (χ1) is 12.4. The minimum absolute atomic E-state index is 0.398. The van der Waals surface area contributed by atoms with Gasteiger partial charge in [0.2, 0.25) is 7.51 Å². The highest BCUT2D eigenvalue weighted by atomic mass is 31.2. The summed E-state index contributed by atoms with van der Waals surface area (Å²) in [6.45, 7) is 2.43. The predicted molar refractivity (Wildman–Crippen MR) is 108 cm³/mol. The third-order valence-corrected chi connectivity index (χ3v) is 7.42. The minimum Gasteiger partial charge on any atom is -0.478 e. The molecule has 0 aliphatic heterocycles. The van der Waals surface area contributed by atoms with Gasteiger partial charge in [-0.3, -0.25) is 0 Å². The second-order valence-corrected chi connectivity index (χ2v) is 9.98. The van der Waals surface area contributed by atoms with Gasteiger partial charge in [0.05, 0.1) is 0 Å². The van der Waals surface area contributed by atoms with Gasteiger partial charge in [0.25, 0.3) is 0 Å². The maximum Gasteiger partial charge on any atom is 0.213 e. The molecule has 0 radical (unpaired) electrons. The zero-order chi connectivity index (χ0) is 19.2. The van der Waals surface area contributed by atoms with Crippen LogP contribution in [-0.4, -0.2) is 56.0 Å². The molecule has 0 spiro atoms. The first-order valence-corrected chi connectivity index (χ1v) is 10.1. The molecule has 0 fully saturated rings. The Balaban J connectivity index is 2.26. The summed E-state index contributed by atoms with van der Waals surface area (Å²) in [4.78, 5) is 10.5. The second kappa shape index (κ2) is 9.19. The SMILES string of the molecule is Cc1cccc(ON=P(N(C)C)(N(C)C)N(C)COc2ccccc2)c1. The fourth-order valence-electron chi connectivity index (χ4n) is 2.71. The molecule has 2 aromatic rings. The van der Waals surface area contributed by atoms with Gasteiger partial charge >= 0.3 is 0 Å². The van der Waals surface area contributed by atoms with Crippen LogP contribution in [0.25, 0.3) is 0 Å². The normalized spacial score (nSPS) is 11.9. The van der Waals surface area contributed by atoms with E-state index in [1.54, 1.807) is 0 Å². The van der Waals surface area contributed by atoms with E-state index in [4.69, 9.17) is 9.57 Å². The summed E-state index contributed by atoms with van der Waals surface area (Å²) in [6, 6.07) is 17.7. The van der Waals surface area contributed by atoms with Crippen molar-refractivity contribution < 1.29 is 9.57 Å². The summed E-state index contributed by atoms with van der Waals surface area (Å²) in [5.74, 6) is 1.56. The first kappa shape index (κ1) is 20.5. The fourth-order valence-corrected chi connectivity index (χ4v) is 5.48. The van der Waals surface area contributed by atoms with Gasteiger partial charge in [-0.2, -0.15) is 0 Å². The molecule has 0 aliphatic rings. The van der Waals surface area contributed by atoms with Crippen molar-refractivity contribution in [3.63, 3.8) is 0 Å². The molecule has 7 heteroatoms. The summed E-state index contributed by atoms with van der Waals surface area (Å²) < 4.78 is 12.2. The Morgan fingerprint density at radius 1 is 0.846 bits per heavy atom. The zero-order valence-corrected chi connectivity index (χ0v) is 17.4. The van der Waals surface area contributed by atoms with Crippen molar-refractivity contribution in [2.24, 2.45) is 4.91 Å². The van der Waals surface area contributed by atoms with Crippen LogP contribution in [0.3, 0.4) is 0 Å². The molecular formula is C19H29N4O2P. The lowest BCUT2D eigenvalue weighted by Crippen LogP contribution is -2.35. The molecule has 0 heterocycles. The van der Waals surface area contributed by atoms with Gasteiger partial charge in [-0.1, -0.05) is 35.2 Å². The van der Waals surface area contributed by atoms with E-state index in [-0.39, 0.29) is 0 Å². The molecule has 0 atom stereocenters. The molecule has 0 aromatic heterocycles. The van der Waals surface area contributed by atoms with Crippen molar-refractivity contribution in [3.8, 4) is 11.5 Å². The summed E-state index contributed by atoms with van der Waals surface area (Å²) in [5, 5.41) is 0. The Labute approximate surface area is 157 Å². The lowest BCUT2D eigenvalue weighted by atomic mass is 10.2. The van der Waals surface area contributed by atoms with Crippen LogP contribution in [0.15, 0.2) is 59.5 Å². The van der Waals surface area contributed by atoms with Gasteiger partial charge in [0.15, 0.2) is 5.75 Å². The number of rotatable bonds is 8. The van der Waals surface area contributed by atoms with E-state index < -0.39 is 7.51 Å². The zero-order valence-electron chi connectivity index (χ0n) is 16.5. The number of hydrogen-bond acceptors (Lipinski definition) is 3. The molecule has 0 bridgehead atoms. The van der Waals surface area contributed by atoms with E-state index in [2.05, 4.69) is 18.9 Å². The summed E-state index contributed by atoms with van der Waals surface area (Å²) in [7, 11) is 7.77. The number of benzene rings is 2. The topological polar surface area (TPSA) is 40.5 Å². The lowest BCUT2D eigenvalue weighted by molar-refractivity contribution is 0.207. The minimum atomic E-state index is -2.27. The van der Waals surface area contributed by atoms with E-state index in [1.807, 2.05) is 96.8 Å². The van der Waals surface area contributed by atoms with Crippen molar-refractivity contribution in [1.82, 2.24) is 14.0 Å². The Kier molecular flexibility index (Phi) is 7.23. The van der Waals surface area contributed by atoms with E-state index >= 15 is 0 Å². The highest BCUT2D eigenvalue weighted by molar-refractivity contribution is 7.58. The van der Waals surface area contributed by atoms with Crippen LogP contribution >= 0.6 is 7.51 Å². The van der Waals surface area contributed by atoms with Crippen LogP contribution < -0.4 is 9.57 Å². The van der Waals surface area contributed by atoms with Crippen molar-refractivity contribution in [2.75, 3.05) is 42.0 Å². The molecule has 142 valence electrons. The molecule has 0 N–H and O–H groups in total.